The van der Waals surface area contributed by atoms with E-state index in [0.29, 0.717) is 25.6 Å². The van der Waals surface area contributed by atoms with Crippen LogP contribution in [0.5, 0.6) is 0 Å². The van der Waals surface area contributed by atoms with Crippen molar-refractivity contribution in [3.63, 3.8) is 0 Å². The average molecular weight is 288 g/mol. The van der Waals surface area contributed by atoms with Crippen molar-refractivity contribution < 1.29 is 14.6 Å². The molecule has 0 amide bonds. The average Bonchev–Trinajstić information content (AvgIpc) is 2.34. The van der Waals surface area contributed by atoms with Crippen LogP contribution in [0, 0.1) is 0 Å². The molecule has 0 unspecified atom stereocenters. The molecule has 0 radical (unpaired) electrons. The van der Waals surface area contributed by atoms with Crippen LogP contribution < -0.4 is 5.32 Å². The Kier molecular flexibility index (Phi) is 6.55. The Morgan fingerprint density at radius 3 is 2.84 bits per heavy atom. The number of halogens is 1. The third-order valence-electron chi connectivity index (χ3n) is 2.28. The fraction of sp³-hybridized carbons (Fsp3) is 0.500. The fourth-order valence-corrected chi connectivity index (χ4v) is 1.48. The van der Waals surface area contributed by atoms with Crippen molar-refractivity contribution in [1.82, 2.24) is 9.88 Å². The van der Waals surface area contributed by atoms with Crippen molar-refractivity contribution in [2.75, 3.05) is 45.7 Å². The number of carbonyl (C=O) groups is 1. The van der Waals surface area contributed by atoms with E-state index in [1.807, 2.05) is 19.0 Å². The van der Waals surface area contributed by atoms with Crippen molar-refractivity contribution in [2.45, 2.75) is 0 Å². The molecule has 0 aliphatic carbocycles. The molecular formula is C12H18ClN3O3. The Balaban J connectivity index is 2.34. The van der Waals surface area contributed by atoms with Gasteiger partial charge in [-0.1, -0.05) is 11.6 Å². The van der Waals surface area contributed by atoms with Gasteiger partial charge in [-0.15, -0.1) is 0 Å². The molecule has 0 aliphatic rings. The zero-order valence-electron chi connectivity index (χ0n) is 11.0. The maximum atomic E-state index is 10.8. The number of likely N-dealkylation sites (N-methyl/N-ethyl adjacent to an activating group) is 1. The molecule has 106 valence electrons. The lowest BCUT2D eigenvalue weighted by Gasteiger charge is -2.10. The normalized spacial score (nSPS) is 10.7. The number of hydrogen-bond donors (Lipinski definition) is 2. The monoisotopic (exact) mass is 287 g/mol. The highest BCUT2D eigenvalue weighted by Crippen LogP contribution is 2.16. The van der Waals surface area contributed by atoms with Gasteiger partial charge in [0.1, 0.15) is 5.82 Å². The van der Waals surface area contributed by atoms with Crippen LogP contribution in [0.3, 0.4) is 0 Å². The topological polar surface area (TPSA) is 74.7 Å². The summed E-state index contributed by atoms with van der Waals surface area (Å²) in [4.78, 5) is 16.8. The van der Waals surface area contributed by atoms with E-state index >= 15 is 0 Å². The summed E-state index contributed by atoms with van der Waals surface area (Å²) in [7, 11) is 3.96. The molecule has 1 rings (SSSR count). The first kappa shape index (κ1) is 15.7. The van der Waals surface area contributed by atoms with Gasteiger partial charge >= 0.3 is 5.97 Å². The minimum Gasteiger partial charge on any atom is -0.476 e. The Bertz CT molecular complexity index is 427. The highest BCUT2D eigenvalue weighted by Gasteiger charge is 2.10. The predicted octanol–water partition coefficient (Wildman–Crippen LogP) is 1.42. The van der Waals surface area contributed by atoms with Gasteiger partial charge in [0, 0.05) is 13.1 Å². The molecule has 1 aromatic heterocycles. The summed E-state index contributed by atoms with van der Waals surface area (Å²) in [5.74, 6) is -0.672. The smallest absolute Gasteiger partial charge is 0.356 e. The molecule has 0 bridgehead atoms. The standard InChI is InChI=1S/C12H18ClN3O3/c1-16(2)6-8-19-7-5-14-10-4-3-9(13)11(15-10)12(17)18/h3-4H,5-8H2,1-2H3,(H,14,15)(H,17,18). The molecule has 7 heteroatoms. The Hall–Kier alpha value is -1.37. The van der Waals surface area contributed by atoms with Crippen LogP contribution in [0.15, 0.2) is 12.1 Å². The molecule has 0 saturated heterocycles. The van der Waals surface area contributed by atoms with Crippen LogP contribution in [0.25, 0.3) is 0 Å². The van der Waals surface area contributed by atoms with Crippen molar-refractivity contribution in [3.8, 4) is 0 Å². The van der Waals surface area contributed by atoms with Crippen molar-refractivity contribution in [3.05, 3.63) is 22.8 Å². The summed E-state index contributed by atoms with van der Waals surface area (Å²) >= 11 is 5.72. The number of hydrogen-bond acceptors (Lipinski definition) is 5. The number of nitrogens with zero attached hydrogens (tertiary/aromatic N) is 2. The second kappa shape index (κ2) is 7.93. The molecular weight excluding hydrogens is 270 g/mol. The molecule has 0 aliphatic heterocycles. The highest BCUT2D eigenvalue weighted by atomic mass is 35.5. The van der Waals surface area contributed by atoms with Crippen LogP contribution in [-0.2, 0) is 4.74 Å². The molecule has 0 aromatic carbocycles. The molecule has 19 heavy (non-hydrogen) atoms. The van der Waals surface area contributed by atoms with E-state index in [4.69, 9.17) is 21.4 Å². The molecule has 0 atom stereocenters. The lowest BCUT2D eigenvalue weighted by Crippen LogP contribution is -2.20. The summed E-state index contributed by atoms with van der Waals surface area (Å²) in [5, 5.41) is 12.0. The number of carboxylic acids is 1. The Labute approximate surface area is 117 Å². The second-order valence-electron chi connectivity index (χ2n) is 4.17. The zero-order chi connectivity index (χ0) is 14.3. The SMILES string of the molecule is CN(C)CCOCCNc1ccc(Cl)c(C(=O)O)n1. The van der Waals surface area contributed by atoms with Gasteiger partial charge in [0.25, 0.3) is 0 Å². The quantitative estimate of drug-likeness (QED) is 0.705. The van der Waals surface area contributed by atoms with E-state index in [-0.39, 0.29) is 10.7 Å². The van der Waals surface area contributed by atoms with Crippen LogP contribution in [0.2, 0.25) is 5.02 Å². The molecule has 2 N–H and O–H groups in total. The van der Waals surface area contributed by atoms with Gasteiger partial charge < -0.3 is 20.1 Å². The van der Waals surface area contributed by atoms with E-state index in [2.05, 4.69) is 10.3 Å². The number of anilines is 1. The molecule has 1 aromatic rings. The first-order valence-corrected chi connectivity index (χ1v) is 6.24. The number of pyridine rings is 1. The summed E-state index contributed by atoms with van der Waals surface area (Å²) in [5.41, 5.74) is -0.153. The Morgan fingerprint density at radius 2 is 2.21 bits per heavy atom. The van der Waals surface area contributed by atoms with Gasteiger partial charge in [-0.05, 0) is 26.2 Å². The number of aromatic carboxylic acids is 1. The van der Waals surface area contributed by atoms with Crippen molar-refractivity contribution in [2.24, 2.45) is 0 Å². The minimum absolute atomic E-state index is 0.125. The largest absolute Gasteiger partial charge is 0.476 e. The second-order valence-corrected chi connectivity index (χ2v) is 4.58. The van der Waals surface area contributed by atoms with Crippen LogP contribution in [-0.4, -0.2) is 61.4 Å². The first-order chi connectivity index (χ1) is 9.00. The number of rotatable bonds is 8. The predicted molar refractivity (Wildman–Crippen MR) is 74.1 cm³/mol. The van der Waals surface area contributed by atoms with Gasteiger partial charge in [-0.2, -0.15) is 0 Å². The minimum atomic E-state index is -1.14. The molecule has 0 saturated carbocycles. The summed E-state index contributed by atoms with van der Waals surface area (Å²) in [6.07, 6.45) is 0. The third kappa shape index (κ3) is 5.87. The van der Waals surface area contributed by atoms with E-state index in [1.165, 1.54) is 6.07 Å². The maximum Gasteiger partial charge on any atom is 0.356 e. The first-order valence-electron chi connectivity index (χ1n) is 5.87. The lowest BCUT2D eigenvalue weighted by molar-refractivity contribution is 0.0691. The summed E-state index contributed by atoms with van der Waals surface area (Å²) < 4.78 is 5.39. The van der Waals surface area contributed by atoms with Crippen LogP contribution in [0.4, 0.5) is 5.82 Å². The zero-order valence-corrected chi connectivity index (χ0v) is 11.8. The van der Waals surface area contributed by atoms with Crippen LogP contribution in [0.1, 0.15) is 10.5 Å². The maximum absolute atomic E-state index is 10.8. The number of carboxylic acid groups (broad SMARTS) is 1. The number of nitrogens with one attached hydrogen (secondary N) is 1. The van der Waals surface area contributed by atoms with Crippen molar-refractivity contribution in [1.29, 1.82) is 0 Å². The fourth-order valence-electron chi connectivity index (χ4n) is 1.29. The number of ether oxygens (including phenoxy) is 1. The molecule has 0 spiro atoms. The Morgan fingerprint density at radius 1 is 1.47 bits per heavy atom. The van der Waals surface area contributed by atoms with E-state index < -0.39 is 5.97 Å². The van der Waals surface area contributed by atoms with Crippen LogP contribution >= 0.6 is 11.6 Å². The van der Waals surface area contributed by atoms with Gasteiger partial charge in [0.2, 0.25) is 0 Å². The van der Waals surface area contributed by atoms with E-state index in [0.717, 1.165) is 6.54 Å². The summed E-state index contributed by atoms with van der Waals surface area (Å²) in [6, 6.07) is 3.14. The molecule has 0 fully saturated rings. The summed E-state index contributed by atoms with van der Waals surface area (Å²) in [6.45, 7) is 2.60. The van der Waals surface area contributed by atoms with Crippen molar-refractivity contribution >= 4 is 23.4 Å². The van der Waals surface area contributed by atoms with Gasteiger partial charge in [-0.25, -0.2) is 9.78 Å². The van der Waals surface area contributed by atoms with Gasteiger partial charge in [-0.3, -0.25) is 0 Å². The number of aromatic nitrogens is 1. The highest BCUT2D eigenvalue weighted by molar-refractivity contribution is 6.33. The van der Waals surface area contributed by atoms with Gasteiger partial charge in [0.15, 0.2) is 5.69 Å². The van der Waals surface area contributed by atoms with E-state index in [9.17, 15) is 4.79 Å². The lowest BCUT2D eigenvalue weighted by atomic mass is 10.3. The van der Waals surface area contributed by atoms with E-state index in [1.54, 1.807) is 6.07 Å². The van der Waals surface area contributed by atoms with Gasteiger partial charge in [0.05, 0.1) is 18.2 Å². The molecule has 6 nitrogen and oxygen atoms in total. The molecule has 1 heterocycles. The third-order valence-corrected chi connectivity index (χ3v) is 2.59.